The molecule has 2 bridgehead atoms. The number of hydrazine groups is 1. The highest BCUT2D eigenvalue weighted by Gasteiger charge is 2.61. The van der Waals surface area contributed by atoms with E-state index in [0.29, 0.717) is 12.0 Å². The minimum atomic E-state index is 0.0621. The Labute approximate surface area is 172 Å². The first kappa shape index (κ1) is 17.0. The number of piperidine rings is 1. The van der Waals surface area contributed by atoms with Crippen LogP contribution in [-0.2, 0) is 5.41 Å². The summed E-state index contributed by atoms with van der Waals surface area (Å²) >= 11 is 0. The third-order valence-electron chi connectivity index (χ3n) is 7.37. The molecule has 146 valence electrons. The van der Waals surface area contributed by atoms with Gasteiger partial charge in [-0.05, 0) is 49.1 Å². The molecule has 2 aromatic carbocycles. The Morgan fingerprint density at radius 3 is 2.79 bits per heavy atom. The molecule has 3 aliphatic heterocycles. The van der Waals surface area contributed by atoms with Gasteiger partial charge in [0.05, 0.1) is 22.5 Å². The summed E-state index contributed by atoms with van der Waals surface area (Å²) < 4.78 is 0. The Hall–Kier alpha value is -2.85. The van der Waals surface area contributed by atoms with E-state index >= 15 is 0 Å². The highest BCUT2D eigenvalue weighted by atomic mass is 15.3. The lowest BCUT2D eigenvalue weighted by molar-refractivity contribution is 0.179. The number of nitrogens with one attached hydrogen (secondary N) is 2. The average Bonchev–Trinajstić information content (AvgIpc) is 3.32. The summed E-state index contributed by atoms with van der Waals surface area (Å²) in [6, 6.07) is 19.6. The highest BCUT2D eigenvalue weighted by molar-refractivity contribution is 6.15. The molecule has 4 heteroatoms. The first-order valence-corrected chi connectivity index (χ1v) is 10.7. The number of hydrogen-bond acceptors (Lipinski definition) is 4. The zero-order valence-electron chi connectivity index (χ0n) is 16.7. The molecule has 0 aromatic heterocycles. The Balaban J connectivity index is 1.44. The van der Waals surface area contributed by atoms with Crippen molar-refractivity contribution < 1.29 is 0 Å². The van der Waals surface area contributed by atoms with Gasteiger partial charge in [-0.2, -0.15) is 0 Å². The predicted molar refractivity (Wildman–Crippen MR) is 118 cm³/mol. The summed E-state index contributed by atoms with van der Waals surface area (Å²) in [6.07, 6.45) is 6.86. The first-order chi connectivity index (χ1) is 14.3. The van der Waals surface area contributed by atoms with E-state index in [1.54, 1.807) is 0 Å². The van der Waals surface area contributed by atoms with E-state index in [9.17, 15) is 0 Å². The molecule has 1 saturated carbocycles. The molecule has 2 aromatic rings. The van der Waals surface area contributed by atoms with Crippen LogP contribution in [0.15, 0.2) is 83.0 Å². The summed E-state index contributed by atoms with van der Waals surface area (Å²) in [5, 5.41) is 0. The summed E-state index contributed by atoms with van der Waals surface area (Å²) in [5.74, 6) is 0.450. The average molecular weight is 383 g/mol. The molecule has 2 N–H and O–H groups in total. The van der Waals surface area contributed by atoms with Gasteiger partial charge in [-0.1, -0.05) is 48.0 Å². The fourth-order valence-corrected chi connectivity index (χ4v) is 6.09. The van der Waals surface area contributed by atoms with Gasteiger partial charge < -0.3 is 10.9 Å². The van der Waals surface area contributed by atoms with Crippen LogP contribution in [0.5, 0.6) is 0 Å². The monoisotopic (exact) mass is 382 g/mol. The third-order valence-corrected chi connectivity index (χ3v) is 7.37. The summed E-state index contributed by atoms with van der Waals surface area (Å²) in [7, 11) is 0. The van der Waals surface area contributed by atoms with Crippen LogP contribution in [0.3, 0.4) is 0 Å². The second kappa shape index (κ2) is 6.33. The molecule has 0 radical (unpaired) electrons. The van der Waals surface area contributed by atoms with Crippen molar-refractivity contribution in [3.05, 3.63) is 83.6 Å². The minimum absolute atomic E-state index is 0.0621. The Bertz CT molecular complexity index is 1050. The second-order valence-electron chi connectivity index (χ2n) is 8.57. The van der Waals surface area contributed by atoms with Crippen LogP contribution in [0.2, 0.25) is 0 Å². The van der Waals surface area contributed by atoms with E-state index < -0.39 is 0 Å². The zero-order valence-corrected chi connectivity index (χ0v) is 16.7. The van der Waals surface area contributed by atoms with Crippen LogP contribution in [0, 0.1) is 5.92 Å². The van der Waals surface area contributed by atoms with Gasteiger partial charge in [-0.3, -0.25) is 9.89 Å². The molecule has 0 amide bonds. The third kappa shape index (κ3) is 2.32. The van der Waals surface area contributed by atoms with Gasteiger partial charge in [0.2, 0.25) is 0 Å². The number of aliphatic imine (C=N–C) groups is 1. The fourth-order valence-electron chi connectivity index (χ4n) is 6.09. The fraction of sp³-hybridized carbons (Fsp3) is 0.320. The Kier molecular flexibility index (Phi) is 3.72. The van der Waals surface area contributed by atoms with E-state index in [4.69, 9.17) is 4.99 Å². The molecule has 0 unspecified atom stereocenters. The van der Waals surface area contributed by atoms with Crippen LogP contribution in [-0.4, -0.2) is 29.7 Å². The normalized spacial score (nSPS) is 32.1. The minimum Gasteiger partial charge on any atom is -0.308 e. The lowest BCUT2D eigenvalue weighted by Gasteiger charge is -2.49. The topological polar surface area (TPSA) is 39.7 Å². The van der Waals surface area contributed by atoms with Crippen LogP contribution in [0.1, 0.15) is 25.3 Å². The summed E-state index contributed by atoms with van der Waals surface area (Å²) in [6.45, 7) is 4.43. The summed E-state index contributed by atoms with van der Waals surface area (Å²) in [5.41, 5.74) is 14.6. The first-order valence-electron chi connectivity index (χ1n) is 10.7. The van der Waals surface area contributed by atoms with Gasteiger partial charge >= 0.3 is 0 Å². The van der Waals surface area contributed by atoms with Crippen LogP contribution >= 0.6 is 0 Å². The van der Waals surface area contributed by atoms with E-state index in [2.05, 4.69) is 71.3 Å². The smallest absolute Gasteiger partial charge is 0.0675 e. The molecule has 4 aliphatic rings. The maximum atomic E-state index is 5.23. The number of allylic oxidation sites excluding steroid dienone is 2. The number of hydrogen-bond donors (Lipinski definition) is 2. The van der Waals surface area contributed by atoms with Crippen molar-refractivity contribution in [2.24, 2.45) is 10.9 Å². The number of fused-ring (bicyclic) bond motifs is 2. The molecule has 2 saturated heterocycles. The van der Waals surface area contributed by atoms with Gasteiger partial charge in [-0.25, -0.2) is 0 Å². The zero-order chi connectivity index (χ0) is 19.4. The van der Waals surface area contributed by atoms with Crippen molar-refractivity contribution in [2.45, 2.75) is 31.2 Å². The maximum Gasteiger partial charge on any atom is 0.0675 e. The largest absolute Gasteiger partial charge is 0.308 e. The summed E-state index contributed by atoms with van der Waals surface area (Å²) in [4.78, 5) is 7.93. The Morgan fingerprint density at radius 1 is 1.10 bits per heavy atom. The van der Waals surface area contributed by atoms with Crippen LogP contribution < -0.4 is 10.9 Å². The molecule has 1 aliphatic carbocycles. The van der Waals surface area contributed by atoms with E-state index in [1.165, 1.54) is 41.0 Å². The Morgan fingerprint density at radius 2 is 1.93 bits per heavy atom. The number of rotatable bonds is 3. The lowest BCUT2D eigenvalue weighted by Crippen LogP contribution is -2.56. The molecule has 3 atom stereocenters. The van der Waals surface area contributed by atoms with Crippen LogP contribution in [0.4, 0.5) is 11.4 Å². The molecular formula is C25H26N4. The maximum absolute atomic E-state index is 5.23. The molecule has 1 spiro atoms. The van der Waals surface area contributed by atoms with Gasteiger partial charge in [0, 0.05) is 31.2 Å². The molecule has 3 heterocycles. The van der Waals surface area contributed by atoms with Gasteiger partial charge in [0.25, 0.3) is 0 Å². The van der Waals surface area contributed by atoms with Crippen LogP contribution in [0.25, 0.3) is 0 Å². The highest BCUT2D eigenvalue weighted by Crippen LogP contribution is 2.59. The van der Waals surface area contributed by atoms with Crippen molar-refractivity contribution in [1.82, 2.24) is 10.3 Å². The van der Waals surface area contributed by atoms with E-state index in [-0.39, 0.29) is 5.41 Å². The molecule has 3 fully saturated rings. The second-order valence-corrected chi connectivity index (χ2v) is 8.57. The van der Waals surface area contributed by atoms with Crippen molar-refractivity contribution in [2.75, 3.05) is 18.5 Å². The van der Waals surface area contributed by atoms with Gasteiger partial charge in [0.15, 0.2) is 0 Å². The van der Waals surface area contributed by atoms with E-state index in [1.807, 2.05) is 18.2 Å². The molecule has 6 rings (SSSR count). The van der Waals surface area contributed by atoms with E-state index in [0.717, 1.165) is 18.8 Å². The molecule has 29 heavy (non-hydrogen) atoms. The van der Waals surface area contributed by atoms with Gasteiger partial charge in [0.1, 0.15) is 0 Å². The number of para-hydroxylation sites is 2. The number of nitrogens with zero attached hydrogens (tertiary/aromatic N) is 2. The van der Waals surface area contributed by atoms with Crippen molar-refractivity contribution in [1.29, 1.82) is 0 Å². The molecular weight excluding hydrogens is 356 g/mol. The molecule has 4 nitrogen and oxygen atoms in total. The number of anilines is 1. The van der Waals surface area contributed by atoms with Crippen molar-refractivity contribution in [3.8, 4) is 0 Å². The SMILES string of the molecule is C/C=C1\CN2CC[C@@]34C(=Nc5ccccc53)/C(=C/NNc3ccccc3)[C@H]1C[C@H]24. The predicted octanol–water partition coefficient (Wildman–Crippen LogP) is 4.57. The lowest BCUT2D eigenvalue weighted by atomic mass is 9.59. The van der Waals surface area contributed by atoms with Crippen molar-refractivity contribution in [3.63, 3.8) is 0 Å². The standard InChI is InChI=1S/C25H26N4/c1-2-17-16-29-13-12-25-21-10-6-7-11-22(21)27-24(25)20(19(17)14-23(25)29)15-26-28-18-8-4-3-5-9-18/h2-11,15,19,23,26,28H,12-14,16H2,1H3/b17-2+,20-15+/t19-,23-,25+/m0/s1. The quantitative estimate of drug-likeness (QED) is 0.604. The number of benzene rings is 2. The van der Waals surface area contributed by atoms with Crippen molar-refractivity contribution >= 4 is 17.1 Å². The van der Waals surface area contributed by atoms with Gasteiger partial charge in [-0.15, -0.1) is 0 Å².